The van der Waals surface area contributed by atoms with E-state index in [0.717, 1.165) is 7.05 Å². The Morgan fingerprint density at radius 3 is 1.88 bits per heavy atom. The van der Waals surface area contributed by atoms with E-state index in [1.165, 1.54) is 5.32 Å². The molecule has 0 aliphatic rings. The van der Waals surface area contributed by atoms with Gasteiger partial charge in [-0.2, -0.15) is 18.3 Å². The molecule has 0 bridgehead atoms. The molecule has 0 saturated carbocycles. The van der Waals surface area contributed by atoms with Crippen molar-refractivity contribution in [2.45, 2.75) is 6.18 Å². The van der Waals surface area contributed by atoms with E-state index in [1.54, 1.807) is 0 Å². The van der Waals surface area contributed by atoms with Gasteiger partial charge in [0.1, 0.15) is 11.4 Å². The van der Waals surface area contributed by atoms with Gasteiger partial charge in [0.05, 0.1) is 0 Å². The molecule has 1 amide bonds. The minimum atomic E-state index is -4.87. The van der Waals surface area contributed by atoms with Crippen LogP contribution in [0.25, 0.3) is 0 Å². The summed E-state index contributed by atoms with van der Waals surface area (Å²) in [5.41, 5.74) is -3.99. The van der Waals surface area contributed by atoms with Crippen molar-refractivity contribution in [1.82, 2.24) is 9.78 Å². The molecule has 0 unspecified atom stereocenters. The maximum absolute atomic E-state index is 13.4. The maximum atomic E-state index is 13.4. The van der Waals surface area contributed by atoms with Gasteiger partial charge in [0.2, 0.25) is 5.82 Å². The van der Waals surface area contributed by atoms with Gasteiger partial charge in [-0.25, -0.2) is 22.0 Å². The smallest absolute Gasteiger partial charge is 0.315 e. The Hall–Kier alpha value is -2.66. The number of nitrogens with zero attached hydrogens (tertiary/aromatic N) is 2. The van der Waals surface area contributed by atoms with Crippen LogP contribution in [0.2, 0.25) is 0 Å². The summed E-state index contributed by atoms with van der Waals surface area (Å²) >= 11 is 0. The number of aryl methyl sites for hydroxylation is 1. The molecule has 1 N–H and O–H groups in total. The van der Waals surface area contributed by atoms with Crippen LogP contribution in [0.5, 0.6) is 0 Å². The average molecular weight is 359 g/mol. The summed E-state index contributed by atoms with van der Waals surface area (Å²) < 4.78 is 104. The molecule has 0 aliphatic heterocycles. The van der Waals surface area contributed by atoms with Crippen LogP contribution in [0.15, 0.2) is 6.07 Å². The summed E-state index contributed by atoms with van der Waals surface area (Å²) in [5.74, 6) is -13.4. The van der Waals surface area contributed by atoms with Crippen LogP contribution in [0.3, 0.4) is 0 Å². The molecule has 0 spiro atoms. The Balaban J connectivity index is 2.42. The van der Waals surface area contributed by atoms with E-state index in [0.29, 0.717) is 0 Å². The first-order chi connectivity index (χ1) is 10.9. The molecule has 4 nitrogen and oxygen atoms in total. The van der Waals surface area contributed by atoms with E-state index in [9.17, 15) is 39.9 Å². The molecule has 2 rings (SSSR count). The molecule has 1 aromatic carbocycles. The predicted octanol–water partition coefficient (Wildman–Crippen LogP) is 3.39. The number of carbonyl (C=O) groups excluding carboxylic acids is 1. The lowest BCUT2D eigenvalue weighted by Crippen LogP contribution is -2.17. The van der Waals surface area contributed by atoms with Gasteiger partial charge in [0, 0.05) is 13.1 Å². The zero-order valence-electron chi connectivity index (χ0n) is 11.4. The van der Waals surface area contributed by atoms with E-state index in [2.05, 4.69) is 5.10 Å². The molecular weight excluding hydrogens is 354 g/mol. The molecule has 12 heteroatoms. The molecule has 0 radical (unpaired) electrons. The number of halogens is 8. The summed E-state index contributed by atoms with van der Waals surface area (Å²) in [7, 11) is 0.845. The predicted molar refractivity (Wildman–Crippen MR) is 62.4 cm³/mol. The monoisotopic (exact) mass is 359 g/mol. The normalized spacial score (nSPS) is 11.7. The van der Waals surface area contributed by atoms with Crippen molar-refractivity contribution >= 4 is 11.6 Å². The second kappa shape index (κ2) is 5.76. The molecule has 2 aromatic rings. The van der Waals surface area contributed by atoms with Crippen LogP contribution in [0.1, 0.15) is 16.2 Å². The highest BCUT2D eigenvalue weighted by Gasteiger charge is 2.36. The quantitative estimate of drug-likeness (QED) is 0.508. The molecule has 0 saturated heterocycles. The Morgan fingerprint density at radius 1 is 1.00 bits per heavy atom. The van der Waals surface area contributed by atoms with Gasteiger partial charge >= 0.3 is 6.18 Å². The Bertz CT molecular complexity index is 798. The maximum Gasteiger partial charge on any atom is 0.433 e. The molecular formula is C12H5F8N3O. The van der Waals surface area contributed by atoms with E-state index < -0.39 is 58.2 Å². The molecule has 130 valence electrons. The summed E-state index contributed by atoms with van der Waals surface area (Å²) in [6, 6.07) is 0.251. The number of aromatic nitrogens is 2. The summed E-state index contributed by atoms with van der Waals surface area (Å²) in [6.07, 6.45) is -4.87. The Morgan fingerprint density at radius 2 is 1.46 bits per heavy atom. The highest BCUT2D eigenvalue weighted by atomic mass is 19.4. The first kappa shape index (κ1) is 17.7. The topological polar surface area (TPSA) is 46.9 Å². The number of benzene rings is 1. The number of alkyl halides is 3. The Kier molecular flexibility index (Phi) is 4.25. The summed E-state index contributed by atoms with van der Waals surface area (Å²) in [6.45, 7) is 0. The fraction of sp³-hybridized carbons (Fsp3) is 0.167. The van der Waals surface area contributed by atoms with Gasteiger partial charge in [-0.05, 0) is 0 Å². The van der Waals surface area contributed by atoms with Crippen LogP contribution >= 0.6 is 0 Å². The second-order valence-electron chi connectivity index (χ2n) is 4.44. The van der Waals surface area contributed by atoms with Gasteiger partial charge in [0.25, 0.3) is 5.91 Å². The highest BCUT2D eigenvalue weighted by molar-refractivity contribution is 6.03. The van der Waals surface area contributed by atoms with Crippen LogP contribution in [0.4, 0.5) is 40.8 Å². The van der Waals surface area contributed by atoms with Gasteiger partial charge in [-0.3, -0.25) is 9.48 Å². The van der Waals surface area contributed by atoms with Crippen LogP contribution in [-0.2, 0) is 13.2 Å². The lowest BCUT2D eigenvalue weighted by Gasteiger charge is -2.08. The van der Waals surface area contributed by atoms with Crippen molar-refractivity contribution in [2.24, 2.45) is 7.05 Å². The average Bonchev–Trinajstić information content (AvgIpc) is 2.89. The zero-order chi connectivity index (χ0) is 18.4. The van der Waals surface area contributed by atoms with Crippen LogP contribution in [-0.4, -0.2) is 15.7 Å². The number of anilines is 1. The number of hydrogen-bond acceptors (Lipinski definition) is 2. The minimum absolute atomic E-state index is 0.251. The number of nitrogens with one attached hydrogen (secondary N) is 1. The van der Waals surface area contributed by atoms with Crippen LogP contribution < -0.4 is 5.32 Å². The number of rotatable bonds is 2. The Labute approximate surface area is 127 Å². The first-order valence-corrected chi connectivity index (χ1v) is 5.89. The summed E-state index contributed by atoms with van der Waals surface area (Å²) in [4.78, 5) is 11.7. The molecule has 0 fully saturated rings. The SMILES string of the molecule is Cn1nc(C(=O)Nc2c(F)c(F)c(F)c(F)c2F)cc1C(F)(F)F. The lowest BCUT2D eigenvalue weighted by atomic mass is 10.2. The van der Waals surface area contributed by atoms with Crippen molar-refractivity contribution in [3.8, 4) is 0 Å². The summed E-state index contributed by atoms with van der Waals surface area (Å²) in [5, 5.41) is 4.49. The van der Waals surface area contributed by atoms with Gasteiger partial charge < -0.3 is 5.32 Å². The van der Waals surface area contributed by atoms with E-state index in [4.69, 9.17) is 0 Å². The number of carbonyl (C=O) groups is 1. The highest BCUT2D eigenvalue weighted by Crippen LogP contribution is 2.30. The van der Waals surface area contributed by atoms with E-state index in [-0.39, 0.29) is 10.7 Å². The fourth-order valence-electron chi connectivity index (χ4n) is 1.74. The van der Waals surface area contributed by atoms with Gasteiger partial charge in [0.15, 0.2) is 29.0 Å². The molecule has 0 atom stereocenters. The fourth-order valence-corrected chi connectivity index (χ4v) is 1.74. The third kappa shape index (κ3) is 2.90. The first-order valence-electron chi connectivity index (χ1n) is 5.89. The molecule has 1 aromatic heterocycles. The van der Waals surface area contributed by atoms with Gasteiger partial charge in [-0.15, -0.1) is 0 Å². The third-order valence-electron chi connectivity index (χ3n) is 2.85. The van der Waals surface area contributed by atoms with Crippen LogP contribution in [0, 0.1) is 29.1 Å². The second-order valence-corrected chi connectivity index (χ2v) is 4.44. The van der Waals surface area contributed by atoms with Crippen molar-refractivity contribution in [3.63, 3.8) is 0 Å². The minimum Gasteiger partial charge on any atom is -0.315 e. The molecule has 24 heavy (non-hydrogen) atoms. The molecule has 1 heterocycles. The van der Waals surface area contributed by atoms with E-state index >= 15 is 0 Å². The molecule has 0 aliphatic carbocycles. The largest absolute Gasteiger partial charge is 0.433 e. The number of hydrogen-bond donors (Lipinski definition) is 1. The van der Waals surface area contributed by atoms with Gasteiger partial charge in [-0.1, -0.05) is 0 Å². The van der Waals surface area contributed by atoms with Crippen molar-refractivity contribution in [3.05, 3.63) is 46.5 Å². The van der Waals surface area contributed by atoms with E-state index in [1.807, 2.05) is 0 Å². The third-order valence-corrected chi connectivity index (χ3v) is 2.85. The standard InChI is InChI=1S/C12H5F8N3O/c1-23-4(12(18,19)20)2-3(22-23)11(24)21-10-8(16)6(14)5(13)7(15)9(10)17/h2H,1H3,(H,21,24). The zero-order valence-corrected chi connectivity index (χ0v) is 11.4. The number of amides is 1. The lowest BCUT2D eigenvalue weighted by molar-refractivity contribution is -0.143. The van der Waals surface area contributed by atoms with Crippen molar-refractivity contribution < 1.29 is 39.9 Å². The van der Waals surface area contributed by atoms with Crippen molar-refractivity contribution in [1.29, 1.82) is 0 Å². The van der Waals surface area contributed by atoms with Crippen molar-refractivity contribution in [2.75, 3.05) is 5.32 Å².